The maximum Gasteiger partial charge on any atom is 0.340 e. The average Bonchev–Trinajstić information content (AvgIpc) is 2.46. The highest BCUT2D eigenvalue weighted by Crippen LogP contribution is 2.19. The van der Waals surface area contributed by atoms with Crippen molar-refractivity contribution in [2.75, 3.05) is 5.32 Å². The molecule has 22 heavy (non-hydrogen) atoms. The molecule has 0 aliphatic heterocycles. The molecule has 122 valence electrons. The summed E-state index contributed by atoms with van der Waals surface area (Å²) in [6.45, 7) is 6.78. The molecule has 0 saturated heterocycles. The Kier molecular flexibility index (Phi) is 8.44. The van der Waals surface area contributed by atoms with Gasteiger partial charge in [-0.15, -0.1) is 0 Å². The summed E-state index contributed by atoms with van der Waals surface area (Å²) in [5.41, 5.74) is -0.827. The number of carbonyl (C=O) groups excluding carboxylic acids is 2. The van der Waals surface area contributed by atoms with Gasteiger partial charge in [-0.2, -0.15) is 0 Å². The van der Waals surface area contributed by atoms with Crippen molar-refractivity contribution in [3.63, 3.8) is 0 Å². The first-order chi connectivity index (χ1) is 10.4. The Morgan fingerprint density at radius 3 is 2.36 bits per heavy atom. The van der Waals surface area contributed by atoms with Gasteiger partial charge in [0.15, 0.2) is 6.10 Å². The lowest BCUT2D eigenvalue weighted by Crippen LogP contribution is -2.32. The van der Waals surface area contributed by atoms with E-state index < -0.39 is 35.3 Å². The van der Waals surface area contributed by atoms with Gasteiger partial charge >= 0.3 is 11.9 Å². The summed E-state index contributed by atoms with van der Waals surface area (Å²) in [4.78, 5) is 33.7. The topological polar surface area (TPSA) is 92.7 Å². The molecule has 0 fully saturated rings. The van der Waals surface area contributed by atoms with Crippen molar-refractivity contribution in [1.29, 1.82) is 0 Å². The van der Waals surface area contributed by atoms with Crippen LogP contribution in [0.25, 0.3) is 0 Å². The van der Waals surface area contributed by atoms with E-state index in [2.05, 4.69) is 5.32 Å². The van der Waals surface area contributed by atoms with Gasteiger partial charge in [0.1, 0.15) is 11.4 Å². The summed E-state index contributed by atoms with van der Waals surface area (Å²) in [5.74, 6) is -3.81. The Morgan fingerprint density at radius 1 is 1.32 bits per heavy atom. The van der Waals surface area contributed by atoms with Crippen molar-refractivity contribution in [2.45, 2.75) is 40.2 Å². The van der Waals surface area contributed by atoms with Gasteiger partial charge in [0.05, 0.1) is 5.69 Å². The highest BCUT2D eigenvalue weighted by Gasteiger charge is 2.23. The lowest BCUT2D eigenvalue weighted by molar-refractivity contribution is -0.152. The fourth-order valence-corrected chi connectivity index (χ4v) is 1.58. The summed E-state index contributed by atoms with van der Waals surface area (Å²) in [5, 5.41) is 11.2. The van der Waals surface area contributed by atoms with Crippen LogP contribution in [0.4, 0.5) is 10.1 Å². The minimum absolute atomic E-state index is 0.187. The monoisotopic (exact) mass is 313 g/mol. The van der Waals surface area contributed by atoms with E-state index in [1.54, 1.807) is 6.92 Å². The summed E-state index contributed by atoms with van der Waals surface area (Å²) in [7, 11) is 0. The van der Waals surface area contributed by atoms with Crippen molar-refractivity contribution in [1.82, 2.24) is 0 Å². The number of carbonyl (C=O) groups is 3. The number of carboxylic acid groups (broad SMARTS) is 1. The number of esters is 1. The van der Waals surface area contributed by atoms with E-state index in [1.165, 1.54) is 12.1 Å². The molecule has 7 heteroatoms. The third kappa shape index (κ3) is 5.51. The highest BCUT2D eigenvalue weighted by molar-refractivity contribution is 6.02. The van der Waals surface area contributed by atoms with Crippen LogP contribution in [0.1, 0.15) is 44.5 Å². The number of amides is 1. The van der Waals surface area contributed by atoms with Crippen LogP contribution in [-0.2, 0) is 14.3 Å². The number of hydrogen-bond donors (Lipinski definition) is 2. The maximum atomic E-state index is 13.4. The molecular weight excluding hydrogens is 293 g/mol. The Labute approximate surface area is 128 Å². The fraction of sp³-hybridized carbons (Fsp3) is 0.400. The number of ether oxygens (including phenoxy) is 1. The van der Waals surface area contributed by atoms with Crippen molar-refractivity contribution in [3.8, 4) is 0 Å². The number of benzene rings is 1. The quantitative estimate of drug-likeness (QED) is 0.815. The second kappa shape index (κ2) is 9.49. The minimum Gasteiger partial charge on any atom is -0.478 e. The normalized spacial score (nSPS) is 10.8. The zero-order valence-corrected chi connectivity index (χ0v) is 13.0. The van der Waals surface area contributed by atoms with E-state index in [-0.39, 0.29) is 12.1 Å². The van der Waals surface area contributed by atoms with Crippen molar-refractivity contribution >= 4 is 23.5 Å². The Morgan fingerprint density at radius 2 is 1.91 bits per heavy atom. The molecule has 0 aliphatic rings. The number of carboxylic acids is 1. The van der Waals surface area contributed by atoms with Crippen LogP contribution in [-0.4, -0.2) is 29.1 Å². The molecule has 0 heterocycles. The van der Waals surface area contributed by atoms with E-state index in [0.29, 0.717) is 0 Å². The molecule has 0 aliphatic carbocycles. The molecule has 0 radical (unpaired) electrons. The van der Waals surface area contributed by atoms with Crippen molar-refractivity contribution < 1.29 is 28.6 Å². The van der Waals surface area contributed by atoms with Crippen LogP contribution in [0, 0.1) is 5.82 Å². The van der Waals surface area contributed by atoms with Crippen LogP contribution in [0.15, 0.2) is 18.2 Å². The van der Waals surface area contributed by atoms with E-state index in [0.717, 1.165) is 13.0 Å². The molecule has 0 spiro atoms. The van der Waals surface area contributed by atoms with Gasteiger partial charge < -0.3 is 15.2 Å². The van der Waals surface area contributed by atoms with E-state index in [4.69, 9.17) is 9.84 Å². The molecule has 1 aromatic carbocycles. The Bertz CT molecular complexity index is 545. The molecule has 1 rings (SSSR count). The van der Waals surface area contributed by atoms with Gasteiger partial charge in [-0.3, -0.25) is 9.59 Å². The van der Waals surface area contributed by atoms with Crippen LogP contribution in [0.3, 0.4) is 0 Å². The SMILES string of the molecule is CC.CCC(OC(C)=O)C(=O)Nc1cccc(F)c1C(=O)O. The van der Waals surface area contributed by atoms with Crippen LogP contribution >= 0.6 is 0 Å². The minimum atomic E-state index is -1.50. The molecule has 1 aromatic rings. The van der Waals surface area contributed by atoms with E-state index in [9.17, 15) is 18.8 Å². The van der Waals surface area contributed by atoms with Gasteiger partial charge in [0.2, 0.25) is 0 Å². The van der Waals surface area contributed by atoms with E-state index in [1.807, 2.05) is 13.8 Å². The fourth-order valence-electron chi connectivity index (χ4n) is 1.58. The van der Waals surface area contributed by atoms with Gasteiger partial charge in [-0.25, -0.2) is 9.18 Å². The molecule has 6 nitrogen and oxygen atoms in total. The van der Waals surface area contributed by atoms with Gasteiger partial charge in [-0.1, -0.05) is 26.8 Å². The summed E-state index contributed by atoms with van der Waals surface area (Å²) >= 11 is 0. The van der Waals surface area contributed by atoms with Crippen LogP contribution in [0.2, 0.25) is 0 Å². The number of rotatable bonds is 5. The summed E-state index contributed by atoms with van der Waals surface area (Å²) in [6.07, 6.45) is -0.847. The highest BCUT2D eigenvalue weighted by atomic mass is 19.1. The molecule has 1 atom stereocenters. The number of anilines is 1. The first-order valence-electron chi connectivity index (χ1n) is 6.86. The average molecular weight is 313 g/mol. The van der Waals surface area contributed by atoms with Crippen molar-refractivity contribution in [2.24, 2.45) is 0 Å². The molecular formula is C15H20FNO5. The Hall–Kier alpha value is -2.44. The number of aromatic carboxylic acids is 1. The predicted octanol–water partition coefficient (Wildman–Crippen LogP) is 2.83. The van der Waals surface area contributed by atoms with E-state index >= 15 is 0 Å². The smallest absolute Gasteiger partial charge is 0.340 e. The van der Waals surface area contributed by atoms with Crippen LogP contribution in [0.5, 0.6) is 0 Å². The van der Waals surface area contributed by atoms with Gasteiger partial charge in [0.25, 0.3) is 5.91 Å². The largest absolute Gasteiger partial charge is 0.478 e. The lowest BCUT2D eigenvalue weighted by Gasteiger charge is -2.16. The molecule has 1 amide bonds. The molecule has 1 unspecified atom stereocenters. The second-order valence-corrected chi connectivity index (χ2v) is 3.96. The first kappa shape index (κ1) is 19.6. The summed E-state index contributed by atoms with van der Waals surface area (Å²) < 4.78 is 18.2. The lowest BCUT2D eigenvalue weighted by atomic mass is 10.1. The number of nitrogens with one attached hydrogen (secondary N) is 1. The number of hydrogen-bond acceptors (Lipinski definition) is 4. The maximum absolute atomic E-state index is 13.4. The first-order valence-corrected chi connectivity index (χ1v) is 6.86. The molecule has 2 N–H and O–H groups in total. The summed E-state index contributed by atoms with van der Waals surface area (Å²) in [6, 6.07) is 3.50. The Balaban J connectivity index is 0.00000211. The molecule has 0 bridgehead atoms. The van der Waals surface area contributed by atoms with Gasteiger partial charge in [0, 0.05) is 6.92 Å². The number of halogens is 1. The van der Waals surface area contributed by atoms with Gasteiger partial charge in [-0.05, 0) is 18.6 Å². The molecule has 0 saturated carbocycles. The molecule has 0 aromatic heterocycles. The third-order valence-electron chi connectivity index (χ3n) is 2.46. The van der Waals surface area contributed by atoms with Crippen LogP contribution < -0.4 is 5.32 Å². The standard InChI is InChI=1S/C13H14FNO5.C2H6/c1-3-10(20-7(2)16)12(17)15-9-6-4-5-8(14)11(9)13(18)19;1-2/h4-6,10H,3H2,1-2H3,(H,15,17)(H,18,19);1-2H3. The zero-order chi connectivity index (χ0) is 17.3. The van der Waals surface area contributed by atoms with Crippen molar-refractivity contribution in [3.05, 3.63) is 29.6 Å². The third-order valence-corrected chi connectivity index (χ3v) is 2.46. The zero-order valence-electron chi connectivity index (χ0n) is 13.0. The predicted molar refractivity (Wildman–Crippen MR) is 79.2 cm³/mol. The second-order valence-electron chi connectivity index (χ2n) is 3.96.